The van der Waals surface area contributed by atoms with Crippen LogP contribution >= 0.6 is 0 Å². The molecule has 13 heteroatoms. The average Bonchev–Trinajstić information content (AvgIpc) is 3.32. The van der Waals surface area contributed by atoms with Crippen molar-refractivity contribution in [2.75, 3.05) is 19.7 Å². The third-order valence-electron chi connectivity index (χ3n) is 7.17. The molecule has 0 saturated carbocycles. The van der Waals surface area contributed by atoms with Crippen molar-refractivity contribution >= 4 is 27.8 Å². The normalized spacial score (nSPS) is 18.7. The quantitative estimate of drug-likeness (QED) is 0.277. The van der Waals surface area contributed by atoms with Crippen molar-refractivity contribution in [3.8, 4) is 0 Å². The van der Waals surface area contributed by atoms with Gasteiger partial charge < -0.3 is 25.8 Å². The van der Waals surface area contributed by atoms with Gasteiger partial charge in [-0.2, -0.15) is 4.72 Å². The first kappa shape index (κ1) is 34.1. The molecule has 3 rings (SSSR count). The molecule has 1 aromatic carbocycles. The molecule has 0 spiro atoms. The summed E-state index contributed by atoms with van der Waals surface area (Å²) in [5.74, 6) is -2.14. The number of carbonyl (C=O) groups excluding carboxylic acids is 2. The first-order valence-corrected chi connectivity index (χ1v) is 15.6. The van der Waals surface area contributed by atoms with Crippen LogP contribution in [0.3, 0.4) is 0 Å². The number of sulfonamides is 1. The van der Waals surface area contributed by atoms with Crippen LogP contribution in [0.1, 0.15) is 62.0 Å². The van der Waals surface area contributed by atoms with Crippen LogP contribution < -0.4 is 15.8 Å². The van der Waals surface area contributed by atoms with E-state index >= 15 is 0 Å². The topological polar surface area (TPSA) is 181 Å². The number of carboxylic acid groups (broad SMARTS) is 1. The maximum absolute atomic E-state index is 13.2. The minimum atomic E-state index is -4.19. The van der Waals surface area contributed by atoms with Crippen molar-refractivity contribution in [2.45, 2.75) is 83.5 Å². The highest BCUT2D eigenvalue weighted by Crippen LogP contribution is 2.31. The molecule has 2 heterocycles. The molecule has 4 unspecified atom stereocenters. The van der Waals surface area contributed by atoms with Gasteiger partial charge in [-0.05, 0) is 55.9 Å². The molecule has 4 atom stereocenters. The standard InChI is InChI=1S/C30H43N5O7S/c1-18-11-19(2)28(20(3)12-18)43(40,41)34-23(29(38)39)15-33-25(36)17-42-21-13-24(27(31)22-9-7-8-10-32-22)35(16-21)26(37)14-30(4,5)6/h7-12,21,23-24,27,34H,13-17,31H2,1-6H3,(H,33,36)(H,38,39). The Hall–Kier alpha value is -3.39. The molecular weight excluding hydrogens is 574 g/mol. The summed E-state index contributed by atoms with van der Waals surface area (Å²) in [5, 5.41) is 12.1. The average molecular weight is 618 g/mol. The molecule has 0 radical (unpaired) electrons. The van der Waals surface area contributed by atoms with Gasteiger partial charge in [0, 0.05) is 25.7 Å². The van der Waals surface area contributed by atoms with E-state index in [1.54, 1.807) is 49.2 Å². The molecule has 5 N–H and O–H groups in total. The van der Waals surface area contributed by atoms with E-state index in [0.29, 0.717) is 29.7 Å². The lowest BCUT2D eigenvalue weighted by atomic mass is 9.91. The molecule has 2 aromatic rings. The number of nitrogens with one attached hydrogen (secondary N) is 2. The number of aliphatic carboxylic acids is 1. The fourth-order valence-electron chi connectivity index (χ4n) is 5.38. The lowest BCUT2D eigenvalue weighted by molar-refractivity contribution is -0.139. The van der Waals surface area contributed by atoms with Crippen LogP contribution in [-0.2, 0) is 29.1 Å². The number of amides is 2. The second kappa shape index (κ2) is 13.9. The summed E-state index contributed by atoms with van der Waals surface area (Å²) < 4.78 is 34.1. The maximum Gasteiger partial charge on any atom is 0.323 e. The zero-order valence-corrected chi connectivity index (χ0v) is 26.4. The number of hydrogen-bond donors (Lipinski definition) is 4. The molecule has 1 aliphatic heterocycles. The summed E-state index contributed by atoms with van der Waals surface area (Å²) in [6, 6.07) is 6.25. The summed E-state index contributed by atoms with van der Waals surface area (Å²) in [6.45, 7) is 10.4. The molecule has 43 heavy (non-hydrogen) atoms. The molecule has 2 amide bonds. The van der Waals surface area contributed by atoms with E-state index in [4.69, 9.17) is 10.5 Å². The number of aryl methyl sites for hydroxylation is 3. The van der Waals surface area contributed by atoms with Crippen LogP contribution in [0.25, 0.3) is 0 Å². The number of carbonyl (C=O) groups is 3. The Morgan fingerprint density at radius 1 is 1.16 bits per heavy atom. The molecule has 236 valence electrons. The van der Waals surface area contributed by atoms with Gasteiger partial charge in [-0.3, -0.25) is 19.4 Å². The molecular formula is C30H43N5O7S. The Labute approximate surface area is 253 Å². The molecule has 0 aliphatic carbocycles. The third kappa shape index (κ3) is 9.30. The van der Waals surface area contributed by atoms with Crippen LogP contribution in [0.4, 0.5) is 0 Å². The molecule has 1 saturated heterocycles. The summed E-state index contributed by atoms with van der Waals surface area (Å²) >= 11 is 0. The molecule has 1 aliphatic rings. The van der Waals surface area contributed by atoms with Gasteiger partial charge in [0.05, 0.1) is 28.8 Å². The Kier molecular flexibility index (Phi) is 11.0. The number of aromatic nitrogens is 1. The van der Waals surface area contributed by atoms with Crippen LogP contribution in [0.2, 0.25) is 0 Å². The van der Waals surface area contributed by atoms with Gasteiger partial charge in [0.2, 0.25) is 21.8 Å². The van der Waals surface area contributed by atoms with Gasteiger partial charge in [0.1, 0.15) is 12.6 Å². The number of hydrogen-bond acceptors (Lipinski definition) is 8. The van der Waals surface area contributed by atoms with Crippen molar-refractivity contribution < 1.29 is 32.6 Å². The first-order valence-electron chi connectivity index (χ1n) is 14.2. The van der Waals surface area contributed by atoms with E-state index in [2.05, 4.69) is 15.0 Å². The number of carboxylic acids is 1. The van der Waals surface area contributed by atoms with E-state index in [0.717, 1.165) is 5.56 Å². The van der Waals surface area contributed by atoms with Crippen molar-refractivity contribution in [1.82, 2.24) is 19.9 Å². The van der Waals surface area contributed by atoms with Crippen LogP contribution in [0.5, 0.6) is 0 Å². The lowest BCUT2D eigenvalue weighted by Crippen LogP contribution is -2.49. The van der Waals surface area contributed by atoms with Crippen molar-refractivity contribution in [3.63, 3.8) is 0 Å². The molecule has 12 nitrogen and oxygen atoms in total. The van der Waals surface area contributed by atoms with E-state index in [1.165, 1.54) is 0 Å². The second-order valence-corrected chi connectivity index (χ2v) is 14.0. The summed E-state index contributed by atoms with van der Waals surface area (Å²) in [4.78, 5) is 43.7. The highest BCUT2D eigenvalue weighted by atomic mass is 32.2. The number of likely N-dealkylation sites (tertiary alicyclic amines) is 1. The summed E-state index contributed by atoms with van der Waals surface area (Å²) in [5.41, 5.74) is 8.78. The Balaban J connectivity index is 1.62. The maximum atomic E-state index is 13.2. The van der Waals surface area contributed by atoms with Gasteiger partial charge >= 0.3 is 5.97 Å². The fourth-order valence-corrected chi connectivity index (χ4v) is 7.02. The minimum Gasteiger partial charge on any atom is -0.480 e. The van der Waals surface area contributed by atoms with Crippen LogP contribution in [0.15, 0.2) is 41.4 Å². The van der Waals surface area contributed by atoms with Crippen LogP contribution in [-0.4, -0.2) is 79.1 Å². The summed E-state index contributed by atoms with van der Waals surface area (Å²) in [7, 11) is -4.19. The van der Waals surface area contributed by atoms with Gasteiger partial charge in [-0.15, -0.1) is 0 Å². The SMILES string of the molecule is Cc1cc(C)c(S(=O)(=O)NC(CNC(=O)COC2CC(C(N)c3ccccn3)N(C(=O)CC(C)(C)C)C2)C(=O)O)c(C)c1. The zero-order valence-electron chi connectivity index (χ0n) is 25.6. The monoisotopic (exact) mass is 617 g/mol. The van der Waals surface area contributed by atoms with E-state index in [-0.39, 0.29) is 22.8 Å². The highest BCUT2D eigenvalue weighted by molar-refractivity contribution is 7.89. The van der Waals surface area contributed by atoms with Gasteiger partial charge in [-0.25, -0.2) is 8.42 Å². The first-order chi connectivity index (χ1) is 20.0. The molecule has 1 fully saturated rings. The van der Waals surface area contributed by atoms with Gasteiger partial charge in [0.25, 0.3) is 0 Å². The van der Waals surface area contributed by atoms with Crippen molar-refractivity contribution in [1.29, 1.82) is 0 Å². The van der Waals surface area contributed by atoms with Gasteiger partial charge in [0.15, 0.2) is 0 Å². The van der Waals surface area contributed by atoms with E-state index in [9.17, 15) is 27.9 Å². The Morgan fingerprint density at radius 3 is 2.37 bits per heavy atom. The molecule has 0 bridgehead atoms. The smallest absolute Gasteiger partial charge is 0.323 e. The highest BCUT2D eigenvalue weighted by Gasteiger charge is 2.41. The predicted octanol–water partition coefficient (Wildman–Crippen LogP) is 1.98. The van der Waals surface area contributed by atoms with Crippen molar-refractivity contribution in [2.24, 2.45) is 11.1 Å². The van der Waals surface area contributed by atoms with E-state index < -0.39 is 59.3 Å². The van der Waals surface area contributed by atoms with Gasteiger partial charge in [-0.1, -0.05) is 44.5 Å². The molecule has 1 aromatic heterocycles. The second-order valence-electron chi connectivity index (χ2n) is 12.3. The number of rotatable bonds is 12. The number of nitrogens with zero attached hydrogens (tertiary/aromatic N) is 2. The largest absolute Gasteiger partial charge is 0.480 e. The van der Waals surface area contributed by atoms with Crippen LogP contribution in [0, 0.1) is 26.2 Å². The fraction of sp³-hybridized carbons (Fsp3) is 0.533. The Morgan fingerprint density at radius 2 is 1.81 bits per heavy atom. The zero-order chi connectivity index (χ0) is 32.1. The Bertz CT molecular complexity index is 1400. The van der Waals surface area contributed by atoms with E-state index in [1.807, 2.05) is 33.8 Å². The predicted molar refractivity (Wildman–Crippen MR) is 161 cm³/mol. The number of pyridine rings is 1. The third-order valence-corrected chi connectivity index (χ3v) is 8.95. The minimum absolute atomic E-state index is 0.00395. The van der Waals surface area contributed by atoms with Crippen molar-refractivity contribution in [3.05, 3.63) is 58.9 Å². The number of nitrogens with two attached hydrogens (primary N) is 1. The summed E-state index contributed by atoms with van der Waals surface area (Å²) in [6.07, 6.45) is 1.83. The number of ether oxygens (including phenoxy) is 1. The number of benzene rings is 1. The lowest BCUT2D eigenvalue weighted by Gasteiger charge is -2.31.